The topological polar surface area (TPSA) is 78.9 Å². The molecule has 0 fully saturated rings. The fraction of sp³-hybridized carbons (Fsp3) is 0.500. The Labute approximate surface area is 92.2 Å². The second-order valence-corrected chi connectivity index (χ2v) is 3.26. The molecule has 0 radical (unpaired) electrons. The molecule has 1 heterocycles. The molecule has 0 spiro atoms. The number of hydrogen-bond acceptors (Lipinski definition) is 6. The van der Waals surface area contributed by atoms with E-state index < -0.39 is 18.0 Å². The number of ketones is 1. The maximum Gasteiger partial charge on any atom is 0.308 e. The van der Waals surface area contributed by atoms with E-state index in [1.54, 1.807) is 0 Å². The van der Waals surface area contributed by atoms with Crippen LogP contribution in [0.4, 0.5) is 0 Å². The number of rotatable bonds is 3. The van der Waals surface area contributed by atoms with Gasteiger partial charge in [-0.15, -0.1) is 0 Å². The maximum absolute atomic E-state index is 11.4. The van der Waals surface area contributed by atoms with Crippen molar-refractivity contribution in [2.75, 3.05) is 6.61 Å². The highest BCUT2D eigenvalue weighted by molar-refractivity contribution is 5.96. The smallest absolute Gasteiger partial charge is 0.308 e. The van der Waals surface area contributed by atoms with Crippen LogP contribution in [-0.2, 0) is 28.6 Å². The standard InChI is InChI=1S/C10H12O6/c1-6(11)14-4-8-3-9(13)10(5-15-8)16-7(2)12/h5,8H,3-4H2,1-2H3/t8-/m0/s1. The number of ether oxygens (including phenoxy) is 3. The lowest BCUT2D eigenvalue weighted by Gasteiger charge is -2.20. The van der Waals surface area contributed by atoms with Gasteiger partial charge in [0, 0.05) is 13.8 Å². The summed E-state index contributed by atoms with van der Waals surface area (Å²) in [6.07, 6.45) is 0.573. The molecule has 0 amide bonds. The largest absolute Gasteiger partial charge is 0.490 e. The summed E-state index contributed by atoms with van der Waals surface area (Å²) in [6, 6.07) is 0. The molecule has 16 heavy (non-hydrogen) atoms. The second-order valence-electron chi connectivity index (χ2n) is 3.26. The molecule has 1 atom stereocenters. The molecule has 0 saturated carbocycles. The number of carbonyl (C=O) groups is 3. The Hall–Kier alpha value is -1.85. The summed E-state index contributed by atoms with van der Waals surface area (Å²) < 4.78 is 14.4. The van der Waals surface area contributed by atoms with E-state index in [0.29, 0.717) is 0 Å². The monoisotopic (exact) mass is 228 g/mol. The lowest BCUT2D eigenvalue weighted by Crippen LogP contribution is -2.28. The third-order valence-electron chi connectivity index (χ3n) is 1.78. The van der Waals surface area contributed by atoms with Crippen molar-refractivity contribution >= 4 is 17.7 Å². The molecule has 1 rings (SSSR count). The first-order valence-corrected chi connectivity index (χ1v) is 4.69. The summed E-state index contributed by atoms with van der Waals surface area (Å²) in [6.45, 7) is 2.47. The highest BCUT2D eigenvalue weighted by Crippen LogP contribution is 2.15. The van der Waals surface area contributed by atoms with E-state index in [-0.39, 0.29) is 24.6 Å². The zero-order valence-electron chi connectivity index (χ0n) is 9.02. The van der Waals surface area contributed by atoms with E-state index in [2.05, 4.69) is 4.74 Å². The third-order valence-corrected chi connectivity index (χ3v) is 1.78. The Balaban J connectivity index is 2.49. The Morgan fingerprint density at radius 1 is 1.44 bits per heavy atom. The Morgan fingerprint density at radius 2 is 2.12 bits per heavy atom. The fourth-order valence-corrected chi connectivity index (χ4v) is 1.12. The highest BCUT2D eigenvalue weighted by Gasteiger charge is 2.26. The van der Waals surface area contributed by atoms with Crippen molar-refractivity contribution in [2.45, 2.75) is 26.4 Å². The number of hydrogen-bond donors (Lipinski definition) is 0. The first-order valence-electron chi connectivity index (χ1n) is 4.69. The number of esters is 2. The van der Waals surface area contributed by atoms with Crippen LogP contribution < -0.4 is 0 Å². The quantitative estimate of drug-likeness (QED) is 0.647. The van der Waals surface area contributed by atoms with E-state index in [4.69, 9.17) is 9.47 Å². The van der Waals surface area contributed by atoms with Gasteiger partial charge < -0.3 is 14.2 Å². The summed E-state index contributed by atoms with van der Waals surface area (Å²) in [5, 5.41) is 0. The summed E-state index contributed by atoms with van der Waals surface area (Å²) in [5.74, 6) is -1.49. The van der Waals surface area contributed by atoms with Crippen LogP contribution in [-0.4, -0.2) is 30.4 Å². The number of Topliss-reactive ketones (excluding diaryl/α,β-unsaturated/α-hetero) is 1. The van der Waals surface area contributed by atoms with Gasteiger partial charge in [0.25, 0.3) is 0 Å². The molecular formula is C10H12O6. The molecule has 6 heteroatoms. The van der Waals surface area contributed by atoms with Gasteiger partial charge in [0.2, 0.25) is 11.5 Å². The molecule has 0 aromatic carbocycles. The van der Waals surface area contributed by atoms with Gasteiger partial charge >= 0.3 is 11.9 Å². The minimum absolute atomic E-state index is 0.00489. The molecule has 0 saturated heterocycles. The molecular weight excluding hydrogens is 216 g/mol. The zero-order chi connectivity index (χ0) is 12.1. The SMILES string of the molecule is CC(=O)OC[C@@H]1CC(=O)C(OC(C)=O)=CO1. The molecule has 88 valence electrons. The fourth-order valence-electron chi connectivity index (χ4n) is 1.12. The summed E-state index contributed by atoms with van der Waals surface area (Å²) in [4.78, 5) is 32.6. The van der Waals surface area contributed by atoms with Gasteiger partial charge in [-0.05, 0) is 0 Å². The van der Waals surface area contributed by atoms with Gasteiger partial charge in [0.15, 0.2) is 0 Å². The predicted molar refractivity (Wildman–Crippen MR) is 51.0 cm³/mol. The van der Waals surface area contributed by atoms with E-state index >= 15 is 0 Å². The van der Waals surface area contributed by atoms with E-state index in [9.17, 15) is 14.4 Å². The molecule has 0 bridgehead atoms. The van der Waals surface area contributed by atoms with Crippen LogP contribution in [0.15, 0.2) is 12.0 Å². The molecule has 1 aliphatic rings. The zero-order valence-corrected chi connectivity index (χ0v) is 9.02. The maximum atomic E-state index is 11.4. The van der Waals surface area contributed by atoms with Gasteiger partial charge in [0.1, 0.15) is 19.0 Å². The Morgan fingerprint density at radius 3 is 2.62 bits per heavy atom. The van der Waals surface area contributed by atoms with Crippen LogP contribution in [0.25, 0.3) is 0 Å². The predicted octanol–water partition coefficient (Wildman–Crippen LogP) is 0.312. The Kier molecular flexibility index (Phi) is 4.04. The normalized spacial score (nSPS) is 19.5. The van der Waals surface area contributed by atoms with Gasteiger partial charge in [-0.2, -0.15) is 0 Å². The summed E-state index contributed by atoms with van der Waals surface area (Å²) in [5.41, 5.74) is 0. The summed E-state index contributed by atoms with van der Waals surface area (Å²) in [7, 11) is 0. The number of carbonyl (C=O) groups excluding carboxylic acids is 3. The Bertz CT molecular complexity index is 343. The molecule has 1 aliphatic heterocycles. The van der Waals surface area contributed by atoms with E-state index in [1.807, 2.05) is 0 Å². The lowest BCUT2D eigenvalue weighted by atomic mass is 10.1. The van der Waals surface area contributed by atoms with Crippen molar-refractivity contribution < 1.29 is 28.6 Å². The van der Waals surface area contributed by atoms with Crippen molar-refractivity contribution in [2.24, 2.45) is 0 Å². The molecule has 0 aromatic heterocycles. The van der Waals surface area contributed by atoms with Crippen LogP contribution in [0.2, 0.25) is 0 Å². The van der Waals surface area contributed by atoms with Gasteiger partial charge in [-0.1, -0.05) is 0 Å². The van der Waals surface area contributed by atoms with Crippen molar-refractivity contribution in [3.05, 3.63) is 12.0 Å². The van der Waals surface area contributed by atoms with Crippen LogP contribution in [0.1, 0.15) is 20.3 Å². The molecule has 0 aromatic rings. The average Bonchev–Trinajstić information content (AvgIpc) is 2.18. The third kappa shape index (κ3) is 3.72. The highest BCUT2D eigenvalue weighted by atomic mass is 16.6. The lowest BCUT2D eigenvalue weighted by molar-refractivity contribution is -0.147. The molecule has 6 nitrogen and oxygen atoms in total. The van der Waals surface area contributed by atoms with Crippen molar-refractivity contribution in [3.63, 3.8) is 0 Å². The number of allylic oxidation sites excluding steroid dienone is 1. The molecule has 0 aliphatic carbocycles. The van der Waals surface area contributed by atoms with Crippen LogP contribution in [0.5, 0.6) is 0 Å². The second kappa shape index (κ2) is 5.29. The first-order chi connectivity index (χ1) is 7.49. The molecule has 0 N–H and O–H groups in total. The van der Waals surface area contributed by atoms with Crippen LogP contribution in [0.3, 0.4) is 0 Å². The summed E-state index contributed by atoms with van der Waals surface area (Å²) >= 11 is 0. The first kappa shape index (κ1) is 12.2. The van der Waals surface area contributed by atoms with Gasteiger partial charge in [-0.25, -0.2) is 0 Å². The van der Waals surface area contributed by atoms with Crippen molar-refractivity contribution in [3.8, 4) is 0 Å². The average molecular weight is 228 g/mol. The molecule has 0 unspecified atom stereocenters. The van der Waals surface area contributed by atoms with Gasteiger partial charge in [-0.3, -0.25) is 14.4 Å². The van der Waals surface area contributed by atoms with Crippen molar-refractivity contribution in [1.82, 2.24) is 0 Å². The van der Waals surface area contributed by atoms with E-state index in [0.717, 1.165) is 6.26 Å². The van der Waals surface area contributed by atoms with Crippen LogP contribution in [0, 0.1) is 0 Å². The van der Waals surface area contributed by atoms with Crippen LogP contribution >= 0.6 is 0 Å². The van der Waals surface area contributed by atoms with Crippen molar-refractivity contribution in [1.29, 1.82) is 0 Å². The van der Waals surface area contributed by atoms with E-state index in [1.165, 1.54) is 13.8 Å². The minimum atomic E-state index is -0.582. The minimum Gasteiger partial charge on any atom is -0.490 e. The van der Waals surface area contributed by atoms with Gasteiger partial charge in [0.05, 0.1) is 6.42 Å².